The summed E-state index contributed by atoms with van der Waals surface area (Å²) in [4.78, 5) is 54.4. The van der Waals surface area contributed by atoms with Crippen LogP contribution in [-0.2, 0) is 27.2 Å². The maximum absolute atomic E-state index is 14.7. The van der Waals surface area contributed by atoms with Crippen molar-refractivity contribution in [3.8, 4) is 0 Å². The van der Waals surface area contributed by atoms with Crippen molar-refractivity contribution in [3.05, 3.63) is 70.7 Å². The monoisotopic (exact) mass is 624 g/mol. The number of aliphatic hydroxyl groups is 1. The standard InChI is InChI=1S/C32H44N6O5S/c1-32(2,3)43-31(42)37-25(16-21-10-6-4-7-11-21)30(41)38(29(40)24(33)18-23-19-34-20-36-23)26(17-22-12-8-5-9-13-22)27(39)28-35-14-15-44-28/h4,6-7,10-11,14-15,19-20,22,24-27,39H,5,8-9,12-13,16-18,33H2,1-3H3,(H,34,36)(H,37,42)/t24-,25-,26-,27+/m0/s1. The first-order valence-electron chi connectivity index (χ1n) is 15.2. The van der Waals surface area contributed by atoms with Crippen LogP contribution in [0.15, 0.2) is 54.4 Å². The molecule has 0 aliphatic heterocycles. The molecule has 2 aromatic heterocycles. The summed E-state index contributed by atoms with van der Waals surface area (Å²) in [7, 11) is 0. The summed E-state index contributed by atoms with van der Waals surface area (Å²) in [6.45, 7) is 5.19. The number of carbonyl (C=O) groups is 3. The number of aliphatic hydroxyl groups excluding tert-OH is 1. The minimum absolute atomic E-state index is 0.0992. The summed E-state index contributed by atoms with van der Waals surface area (Å²) in [5.74, 6) is -1.12. The van der Waals surface area contributed by atoms with Crippen LogP contribution in [0.3, 0.4) is 0 Å². The van der Waals surface area contributed by atoms with E-state index in [1.807, 2.05) is 30.3 Å². The number of ether oxygens (including phenoxy) is 1. The van der Waals surface area contributed by atoms with Crippen LogP contribution in [0.25, 0.3) is 0 Å². The zero-order chi connectivity index (χ0) is 31.7. The number of aromatic amines is 1. The zero-order valence-corrected chi connectivity index (χ0v) is 26.5. The number of benzene rings is 1. The van der Waals surface area contributed by atoms with Crippen molar-refractivity contribution < 1.29 is 24.2 Å². The lowest BCUT2D eigenvalue weighted by atomic mass is 9.83. The van der Waals surface area contributed by atoms with Gasteiger partial charge in [0.2, 0.25) is 5.91 Å². The third-order valence-electron chi connectivity index (χ3n) is 7.76. The van der Waals surface area contributed by atoms with Gasteiger partial charge in [-0.1, -0.05) is 62.4 Å². The molecule has 4 rings (SSSR count). The first-order chi connectivity index (χ1) is 21.0. The molecule has 1 aliphatic carbocycles. The number of nitrogens with zero attached hydrogens (tertiary/aromatic N) is 3. The van der Waals surface area contributed by atoms with Gasteiger partial charge in [0.05, 0.1) is 18.4 Å². The molecule has 11 nitrogen and oxygen atoms in total. The minimum atomic E-state index is -1.23. The van der Waals surface area contributed by atoms with E-state index in [4.69, 9.17) is 10.5 Å². The Morgan fingerprint density at radius 1 is 1.14 bits per heavy atom. The first kappa shape index (κ1) is 33.3. The SMILES string of the molecule is CC(C)(C)OC(=O)N[C@@H](Cc1ccccc1)C(=O)N(C(=O)[C@@H](N)Cc1cnc[nH]1)[C@@H](CC1CCCCC1)[C@@H](O)c1nccs1. The summed E-state index contributed by atoms with van der Waals surface area (Å²) in [6.07, 6.45) is 8.31. The summed E-state index contributed by atoms with van der Waals surface area (Å²) < 4.78 is 5.50. The maximum Gasteiger partial charge on any atom is 0.408 e. The molecule has 1 aromatic carbocycles. The summed E-state index contributed by atoms with van der Waals surface area (Å²) in [6, 6.07) is 5.99. The fraction of sp³-hybridized carbons (Fsp3) is 0.531. The summed E-state index contributed by atoms with van der Waals surface area (Å²) in [5, 5.41) is 16.6. The van der Waals surface area contributed by atoms with Crippen LogP contribution < -0.4 is 11.1 Å². The van der Waals surface area contributed by atoms with Crippen LogP contribution in [-0.4, -0.2) is 66.6 Å². The molecule has 44 heavy (non-hydrogen) atoms. The van der Waals surface area contributed by atoms with E-state index >= 15 is 0 Å². The fourth-order valence-corrected chi connectivity index (χ4v) is 6.37. The van der Waals surface area contributed by atoms with E-state index in [1.54, 1.807) is 38.5 Å². The summed E-state index contributed by atoms with van der Waals surface area (Å²) in [5.41, 5.74) is 7.08. The molecule has 4 atom stereocenters. The molecule has 1 fully saturated rings. The van der Waals surface area contributed by atoms with Gasteiger partial charge in [0, 0.05) is 36.3 Å². The van der Waals surface area contributed by atoms with E-state index in [0.717, 1.165) is 42.6 Å². The highest BCUT2D eigenvalue weighted by molar-refractivity contribution is 7.09. The highest BCUT2D eigenvalue weighted by atomic mass is 32.1. The Morgan fingerprint density at radius 3 is 2.48 bits per heavy atom. The number of H-pyrrole nitrogens is 1. The van der Waals surface area contributed by atoms with Gasteiger partial charge < -0.3 is 25.9 Å². The number of thiazole rings is 1. The number of nitrogens with one attached hydrogen (secondary N) is 2. The first-order valence-corrected chi connectivity index (χ1v) is 16.1. The lowest BCUT2D eigenvalue weighted by Crippen LogP contribution is -2.60. The number of imide groups is 1. The molecule has 5 N–H and O–H groups in total. The number of nitrogens with two attached hydrogens (primary N) is 1. The van der Waals surface area contributed by atoms with Gasteiger partial charge >= 0.3 is 6.09 Å². The number of hydrogen-bond acceptors (Lipinski definition) is 9. The highest BCUT2D eigenvalue weighted by Crippen LogP contribution is 2.34. The molecule has 2 heterocycles. The predicted molar refractivity (Wildman–Crippen MR) is 167 cm³/mol. The van der Waals surface area contributed by atoms with Crippen molar-refractivity contribution in [1.29, 1.82) is 0 Å². The number of aromatic nitrogens is 3. The van der Waals surface area contributed by atoms with Crippen LogP contribution in [0.4, 0.5) is 4.79 Å². The fourth-order valence-electron chi connectivity index (χ4n) is 5.69. The number of carbonyl (C=O) groups excluding carboxylic acids is 3. The van der Waals surface area contributed by atoms with Crippen molar-refractivity contribution in [2.45, 2.75) is 102 Å². The van der Waals surface area contributed by atoms with E-state index in [9.17, 15) is 19.5 Å². The number of alkyl carbamates (subject to hydrolysis) is 1. The van der Waals surface area contributed by atoms with Gasteiger partial charge in [-0.3, -0.25) is 14.5 Å². The second kappa shape index (κ2) is 15.4. The Balaban J connectivity index is 1.74. The molecular weight excluding hydrogens is 580 g/mol. The molecule has 1 aliphatic rings. The van der Waals surface area contributed by atoms with Crippen molar-refractivity contribution in [3.63, 3.8) is 0 Å². The van der Waals surface area contributed by atoms with E-state index in [0.29, 0.717) is 17.1 Å². The second-order valence-corrected chi connectivity index (χ2v) is 13.4. The Labute approximate surface area is 262 Å². The normalized spacial score (nSPS) is 16.8. The Hall–Kier alpha value is -3.61. The van der Waals surface area contributed by atoms with E-state index < -0.39 is 47.7 Å². The van der Waals surface area contributed by atoms with Crippen molar-refractivity contribution >= 4 is 29.2 Å². The average Bonchev–Trinajstić information content (AvgIpc) is 3.71. The van der Waals surface area contributed by atoms with E-state index in [2.05, 4.69) is 20.3 Å². The minimum Gasteiger partial charge on any atom is -0.444 e. The Morgan fingerprint density at radius 2 is 1.86 bits per heavy atom. The molecular formula is C32H44N6O5S. The second-order valence-electron chi connectivity index (χ2n) is 12.4. The largest absolute Gasteiger partial charge is 0.444 e. The van der Waals surface area contributed by atoms with E-state index in [-0.39, 0.29) is 18.8 Å². The van der Waals surface area contributed by atoms with Gasteiger partial charge in [0.1, 0.15) is 22.8 Å². The third-order valence-corrected chi connectivity index (χ3v) is 8.60. The number of amides is 3. The van der Waals surface area contributed by atoms with Gasteiger partial charge in [0.15, 0.2) is 0 Å². The number of hydrogen-bond donors (Lipinski definition) is 4. The quantitative estimate of drug-likeness (QED) is 0.232. The lowest BCUT2D eigenvalue weighted by Gasteiger charge is -2.38. The molecule has 0 saturated heterocycles. The van der Waals surface area contributed by atoms with Gasteiger partial charge in [-0.2, -0.15) is 0 Å². The van der Waals surface area contributed by atoms with Gasteiger partial charge in [-0.05, 0) is 38.7 Å². The molecule has 0 unspecified atom stereocenters. The van der Waals surface area contributed by atoms with Crippen LogP contribution in [0.2, 0.25) is 0 Å². The number of rotatable bonds is 12. The molecule has 12 heteroatoms. The van der Waals surface area contributed by atoms with Crippen molar-refractivity contribution in [2.75, 3.05) is 0 Å². The maximum atomic E-state index is 14.7. The van der Waals surface area contributed by atoms with Crippen LogP contribution >= 0.6 is 11.3 Å². The third kappa shape index (κ3) is 9.44. The van der Waals surface area contributed by atoms with Crippen LogP contribution in [0.1, 0.15) is 81.7 Å². The van der Waals surface area contributed by atoms with Crippen molar-refractivity contribution in [2.24, 2.45) is 11.7 Å². The van der Waals surface area contributed by atoms with Gasteiger partial charge in [-0.15, -0.1) is 11.3 Å². The molecule has 0 radical (unpaired) electrons. The molecule has 0 bridgehead atoms. The molecule has 1 saturated carbocycles. The van der Waals surface area contributed by atoms with Crippen molar-refractivity contribution in [1.82, 2.24) is 25.2 Å². The smallest absolute Gasteiger partial charge is 0.408 e. The Bertz CT molecular complexity index is 1320. The topological polar surface area (TPSA) is 164 Å². The van der Waals surface area contributed by atoms with Crippen LogP contribution in [0.5, 0.6) is 0 Å². The molecule has 3 aromatic rings. The lowest BCUT2D eigenvalue weighted by molar-refractivity contribution is -0.154. The molecule has 0 spiro atoms. The highest BCUT2D eigenvalue weighted by Gasteiger charge is 2.42. The van der Waals surface area contributed by atoms with Gasteiger partial charge in [0.25, 0.3) is 5.91 Å². The number of imidazole rings is 1. The van der Waals surface area contributed by atoms with Gasteiger partial charge in [-0.25, -0.2) is 14.8 Å². The summed E-state index contributed by atoms with van der Waals surface area (Å²) >= 11 is 1.26. The predicted octanol–water partition coefficient (Wildman–Crippen LogP) is 4.30. The van der Waals surface area contributed by atoms with Crippen LogP contribution in [0, 0.1) is 5.92 Å². The Kier molecular flexibility index (Phi) is 11.7. The molecule has 238 valence electrons. The average molecular weight is 625 g/mol. The molecule has 3 amide bonds. The zero-order valence-electron chi connectivity index (χ0n) is 25.6. The van der Waals surface area contributed by atoms with E-state index in [1.165, 1.54) is 17.7 Å².